The van der Waals surface area contributed by atoms with Crippen LogP contribution in [0.2, 0.25) is 0 Å². The fraction of sp³-hybridized carbons (Fsp3) is 0.368. The van der Waals surface area contributed by atoms with E-state index in [4.69, 9.17) is 4.74 Å². The maximum absolute atomic E-state index is 13.2. The summed E-state index contributed by atoms with van der Waals surface area (Å²) in [5.41, 5.74) is 0.668. The van der Waals surface area contributed by atoms with Crippen LogP contribution in [0.4, 0.5) is 10.1 Å². The van der Waals surface area contributed by atoms with Crippen LogP contribution in [0.1, 0.15) is 13.8 Å². The molecule has 2 aromatic carbocycles. The number of hydrogen-bond donors (Lipinski definition) is 1. The number of phenols is 1. The second-order valence-electron chi connectivity index (χ2n) is 6.66. The van der Waals surface area contributed by atoms with Crippen LogP contribution >= 0.6 is 0 Å². The second kappa shape index (κ2) is 7.74. The molecule has 1 fully saturated rings. The highest BCUT2D eigenvalue weighted by Gasteiger charge is 2.28. The molecule has 0 spiro atoms. The SMILES string of the molecule is CC(C)Oc1ccc(S(=O)(=O)N2CCN(c3ccc(F)c(O)c3)CC2)cc1. The highest BCUT2D eigenvalue weighted by Crippen LogP contribution is 2.26. The molecule has 27 heavy (non-hydrogen) atoms. The van der Waals surface area contributed by atoms with Gasteiger partial charge in [-0.1, -0.05) is 0 Å². The lowest BCUT2D eigenvalue weighted by molar-refractivity contribution is 0.242. The van der Waals surface area contributed by atoms with Gasteiger partial charge in [0, 0.05) is 37.9 Å². The third-order valence-electron chi connectivity index (χ3n) is 4.37. The fourth-order valence-corrected chi connectivity index (χ4v) is 4.42. The van der Waals surface area contributed by atoms with Crippen molar-refractivity contribution in [2.75, 3.05) is 31.1 Å². The topological polar surface area (TPSA) is 70.1 Å². The minimum atomic E-state index is -3.59. The van der Waals surface area contributed by atoms with E-state index in [2.05, 4.69) is 0 Å². The summed E-state index contributed by atoms with van der Waals surface area (Å²) < 4.78 is 45.9. The van der Waals surface area contributed by atoms with Gasteiger partial charge in [0.25, 0.3) is 0 Å². The molecule has 2 aromatic rings. The Labute approximate surface area is 158 Å². The minimum absolute atomic E-state index is 0.0198. The Balaban J connectivity index is 1.68. The zero-order valence-corrected chi connectivity index (χ0v) is 16.1. The Morgan fingerprint density at radius 3 is 2.22 bits per heavy atom. The van der Waals surface area contributed by atoms with E-state index < -0.39 is 21.6 Å². The van der Waals surface area contributed by atoms with Crippen LogP contribution in [-0.2, 0) is 10.0 Å². The van der Waals surface area contributed by atoms with Crippen LogP contribution in [0.3, 0.4) is 0 Å². The molecule has 0 saturated carbocycles. The van der Waals surface area contributed by atoms with Crippen LogP contribution in [0, 0.1) is 5.82 Å². The van der Waals surface area contributed by atoms with Crippen molar-refractivity contribution < 1.29 is 22.7 Å². The molecule has 0 aromatic heterocycles. The van der Waals surface area contributed by atoms with Crippen molar-refractivity contribution in [1.29, 1.82) is 0 Å². The molecule has 1 heterocycles. The van der Waals surface area contributed by atoms with Crippen LogP contribution in [-0.4, -0.2) is 50.1 Å². The van der Waals surface area contributed by atoms with Gasteiger partial charge in [-0.25, -0.2) is 12.8 Å². The zero-order valence-electron chi connectivity index (χ0n) is 15.3. The first-order chi connectivity index (χ1) is 12.8. The van der Waals surface area contributed by atoms with Gasteiger partial charge in [0.1, 0.15) is 5.75 Å². The molecular weight excluding hydrogens is 371 g/mol. The Hall–Kier alpha value is -2.32. The molecule has 6 nitrogen and oxygen atoms in total. The van der Waals surface area contributed by atoms with E-state index in [0.717, 1.165) is 0 Å². The van der Waals surface area contributed by atoms with Gasteiger partial charge in [-0.05, 0) is 50.2 Å². The Bertz CT molecular complexity index is 892. The lowest BCUT2D eigenvalue weighted by Gasteiger charge is -2.35. The average molecular weight is 394 g/mol. The number of phenolic OH excluding ortho intramolecular Hbond substituents is 1. The predicted molar refractivity (Wildman–Crippen MR) is 101 cm³/mol. The normalized spacial score (nSPS) is 15.9. The molecule has 8 heteroatoms. The molecule has 0 atom stereocenters. The van der Waals surface area contributed by atoms with Gasteiger partial charge in [-0.3, -0.25) is 0 Å². The van der Waals surface area contributed by atoms with Gasteiger partial charge < -0.3 is 14.7 Å². The maximum atomic E-state index is 13.2. The number of anilines is 1. The summed E-state index contributed by atoms with van der Waals surface area (Å²) in [5, 5.41) is 9.52. The molecule has 0 aliphatic carbocycles. The van der Waals surface area contributed by atoms with Gasteiger partial charge in [0.15, 0.2) is 11.6 Å². The number of nitrogens with zero attached hydrogens (tertiary/aromatic N) is 2. The largest absolute Gasteiger partial charge is 0.505 e. The van der Waals surface area contributed by atoms with Crippen LogP contribution in [0.15, 0.2) is 47.4 Å². The van der Waals surface area contributed by atoms with Crippen LogP contribution in [0.25, 0.3) is 0 Å². The van der Waals surface area contributed by atoms with Crippen molar-refractivity contribution in [1.82, 2.24) is 4.31 Å². The van der Waals surface area contributed by atoms with Crippen molar-refractivity contribution in [3.63, 3.8) is 0 Å². The summed E-state index contributed by atoms with van der Waals surface area (Å²) >= 11 is 0. The number of piperazine rings is 1. The molecule has 1 saturated heterocycles. The van der Waals surface area contributed by atoms with Gasteiger partial charge >= 0.3 is 0 Å². The quantitative estimate of drug-likeness (QED) is 0.845. The first-order valence-electron chi connectivity index (χ1n) is 8.78. The van der Waals surface area contributed by atoms with Gasteiger partial charge in [0.2, 0.25) is 10.0 Å². The summed E-state index contributed by atoms with van der Waals surface area (Å²) in [5.74, 6) is -0.457. The Morgan fingerprint density at radius 2 is 1.67 bits per heavy atom. The summed E-state index contributed by atoms with van der Waals surface area (Å²) in [6, 6.07) is 10.6. The average Bonchev–Trinajstić information content (AvgIpc) is 2.64. The number of ether oxygens (including phenoxy) is 1. The van der Waals surface area contributed by atoms with Crippen LogP contribution < -0.4 is 9.64 Å². The Kier molecular flexibility index (Phi) is 5.57. The molecule has 0 bridgehead atoms. The molecule has 1 N–H and O–H groups in total. The molecule has 146 valence electrons. The fourth-order valence-electron chi connectivity index (χ4n) is 3.00. The van der Waals surface area contributed by atoms with Crippen molar-refractivity contribution in [3.8, 4) is 11.5 Å². The number of rotatable bonds is 5. The zero-order chi connectivity index (χ0) is 19.6. The van der Waals surface area contributed by atoms with E-state index in [9.17, 15) is 17.9 Å². The summed E-state index contributed by atoms with van der Waals surface area (Å²) in [6.07, 6.45) is 0.0198. The first kappa shape index (κ1) is 19.4. The monoisotopic (exact) mass is 394 g/mol. The van der Waals surface area contributed by atoms with E-state index in [1.165, 1.54) is 16.4 Å². The number of aromatic hydroxyl groups is 1. The number of hydrogen-bond acceptors (Lipinski definition) is 5. The first-order valence-corrected chi connectivity index (χ1v) is 10.2. The highest BCUT2D eigenvalue weighted by molar-refractivity contribution is 7.89. The number of benzene rings is 2. The van der Waals surface area contributed by atoms with Gasteiger partial charge in [-0.15, -0.1) is 0 Å². The van der Waals surface area contributed by atoms with Crippen molar-refractivity contribution in [2.24, 2.45) is 0 Å². The highest BCUT2D eigenvalue weighted by atomic mass is 32.2. The summed E-state index contributed by atoms with van der Waals surface area (Å²) in [4.78, 5) is 2.15. The number of halogens is 1. The maximum Gasteiger partial charge on any atom is 0.243 e. The van der Waals surface area contributed by atoms with E-state index in [0.29, 0.717) is 37.6 Å². The van der Waals surface area contributed by atoms with Crippen molar-refractivity contribution >= 4 is 15.7 Å². The molecular formula is C19H23FN2O4S. The predicted octanol–water partition coefficient (Wildman–Crippen LogP) is 2.83. The molecule has 0 amide bonds. The lowest BCUT2D eigenvalue weighted by Crippen LogP contribution is -2.48. The van der Waals surface area contributed by atoms with E-state index >= 15 is 0 Å². The molecule has 0 unspecified atom stereocenters. The van der Waals surface area contributed by atoms with E-state index in [1.54, 1.807) is 30.3 Å². The Morgan fingerprint density at radius 1 is 1.04 bits per heavy atom. The smallest absolute Gasteiger partial charge is 0.243 e. The molecule has 0 radical (unpaired) electrons. The van der Waals surface area contributed by atoms with Gasteiger partial charge in [0.05, 0.1) is 11.0 Å². The lowest BCUT2D eigenvalue weighted by atomic mass is 10.2. The third kappa shape index (κ3) is 4.33. The van der Waals surface area contributed by atoms with Gasteiger partial charge in [-0.2, -0.15) is 4.31 Å². The third-order valence-corrected chi connectivity index (χ3v) is 6.28. The second-order valence-corrected chi connectivity index (χ2v) is 8.60. The van der Waals surface area contributed by atoms with E-state index in [-0.39, 0.29) is 11.0 Å². The summed E-state index contributed by atoms with van der Waals surface area (Å²) in [6.45, 7) is 5.35. The number of sulfonamides is 1. The van der Waals surface area contributed by atoms with Crippen molar-refractivity contribution in [3.05, 3.63) is 48.3 Å². The van der Waals surface area contributed by atoms with Crippen LogP contribution in [0.5, 0.6) is 11.5 Å². The molecule has 1 aliphatic rings. The standard InChI is InChI=1S/C19H23FN2O4S/c1-14(2)26-16-4-6-17(7-5-16)27(24,25)22-11-9-21(10-12-22)15-3-8-18(20)19(23)13-15/h3-8,13-14,23H,9-12H2,1-2H3. The summed E-state index contributed by atoms with van der Waals surface area (Å²) in [7, 11) is -3.59. The minimum Gasteiger partial charge on any atom is -0.505 e. The molecule has 3 rings (SSSR count). The van der Waals surface area contributed by atoms with Crippen molar-refractivity contribution in [2.45, 2.75) is 24.8 Å². The van der Waals surface area contributed by atoms with E-state index in [1.807, 2.05) is 18.7 Å². The molecule has 1 aliphatic heterocycles.